The summed E-state index contributed by atoms with van der Waals surface area (Å²) in [7, 11) is 0. The van der Waals surface area contributed by atoms with E-state index in [2.05, 4.69) is 14.6 Å². The lowest BCUT2D eigenvalue weighted by Gasteiger charge is -2.26. The number of nitrogens with one attached hydrogen (secondary N) is 1. The number of benzene rings is 2. The molecule has 2 aliphatic rings. The summed E-state index contributed by atoms with van der Waals surface area (Å²) in [5, 5.41) is -0.0221. The van der Waals surface area contributed by atoms with Gasteiger partial charge in [0.2, 0.25) is 0 Å². The first kappa shape index (κ1) is 32.2. The molecule has 5 rings (SSSR count). The van der Waals surface area contributed by atoms with E-state index in [1.54, 1.807) is 30.3 Å². The Morgan fingerprint density at radius 3 is 2.52 bits per heavy atom. The fraction of sp³-hybridized carbons (Fsp3) is 0.438. The lowest BCUT2D eigenvalue weighted by Crippen LogP contribution is -2.33. The van der Waals surface area contributed by atoms with Crippen molar-refractivity contribution in [1.29, 1.82) is 0 Å². The van der Waals surface area contributed by atoms with Crippen molar-refractivity contribution in [3.05, 3.63) is 91.8 Å². The van der Waals surface area contributed by atoms with Crippen LogP contribution in [0.4, 0.5) is 8.78 Å². The van der Waals surface area contributed by atoms with Crippen LogP contribution in [0.15, 0.2) is 59.5 Å². The lowest BCUT2D eigenvalue weighted by molar-refractivity contribution is -0.354. The molecular weight excluding hydrogens is 617 g/mol. The number of piperidine rings is 1. The summed E-state index contributed by atoms with van der Waals surface area (Å²) in [6.45, 7) is 3.42. The van der Waals surface area contributed by atoms with Crippen molar-refractivity contribution in [3.63, 3.8) is 0 Å². The number of carbonyl (C=O) groups excluding carboxylic acids is 1. The molecule has 0 amide bonds. The predicted molar refractivity (Wildman–Crippen MR) is 162 cm³/mol. The van der Waals surface area contributed by atoms with Crippen LogP contribution in [0.2, 0.25) is 10.0 Å². The molecule has 1 unspecified atom stereocenters. The van der Waals surface area contributed by atoms with Crippen molar-refractivity contribution in [2.75, 3.05) is 32.8 Å². The summed E-state index contributed by atoms with van der Waals surface area (Å²) in [6, 6.07) is 12.3. The minimum Gasteiger partial charge on any atom is -0.492 e. The molecule has 1 aliphatic carbocycles. The first-order valence-electron chi connectivity index (χ1n) is 14.7. The molecule has 1 saturated carbocycles. The molecule has 0 bridgehead atoms. The van der Waals surface area contributed by atoms with Crippen LogP contribution in [0.3, 0.4) is 0 Å². The monoisotopic (exact) mass is 650 g/mol. The third-order valence-corrected chi connectivity index (χ3v) is 8.32. The summed E-state index contributed by atoms with van der Waals surface area (Å²) in [4.78, 5) is 30.3. The molecule has 1 aromatic heterocycles. The summed E-state index contributed by atoms with van der Waals surface area (Å²) in [5.41, 5.74) is 0.223. The zero-order valence-corrected chi connectivity index (χ0v) is 25.5. The maximum atomic E-state index is 14.3. The van der Waals surface area contributed by atoms with E-state index >= 15 is 0 Å². The standard InChI is InChI=1S/C32H34Cl2F2N2O6/c33-27-19-37-30(39)29(34)26(27)18-28(23-5-4-6-25(17-23)44-32(35,36)42-20-21-7-8-21)43-31(40)22-9-11-24(12-10-22)41-16-15-38-13-2-1-3-14-38/h4-6,9-12,17,19,21,28H,1-3,7-8,13-16,18,20H2,(H,37,39). The minimum atomic E-state index is -3.84. The van der Waals surface area contributed by atoms with Crippen LogP contribution in [0.5, 0.6) is 11.5 Å². The van der Waals surface area contributed by atoms with Gasteiger partial charge in [0.05, 0.1) is 17.2 Å². The fourth-order valence-electron chi connectivity index (χ4n) is 4.93. The van der Waals surface area contributed by atoms with E-state index in [-0.39, 0.29) is 45.9 Å². The number of nitrogens with zero attached hydrogens (tertiary/aromatic N) is 1. The number of likely N-dealkylation sites (tertiary alicyclic amines) is 1. The Kier molecular flexibility index (Phi) is 10.8. The van der Waals surface area contributed by atoms with Crippen molar-refractivity contribution < 1.29 is 32.5 Å². The van der Waals surface area contributed by atoms with Gasteiger partial charge in [0, 0.05) is 24.7 Å². The minimum absolute atomic E-state index is 0.102. The van der Waals surface area contributed by atoms with Gasteiger partial charge in [-0.2, -0.15) is 0 Å². The highest BCUT2D eigenvalue weighted by Gasteiger charge is 2.37. The maximum Gasteiger partial charge on any atom is 0.535 e. The molecule has 2 heterocycles. The summed E-state index contributed by atoms with van der Waals surface area (Å²) in [6.07, 6.45) is 1.64. The van der Waals surface area contributed by atoms with E-state index in [1.807, 2.05) is 0 Å². The number of pyridine rings is 1. The van der Waals surface area contributed by atoms with Crippen molar-refractivity contribution >= 4 is 29.2 Å². The summed E-state index contributed by atoms with van der Waals surface area (Å²) in [5.74, 6) is -0.148. The highest BCUT2D eigenvalue weighted by atomic mass is 35.5. The number of rotatable bonds is 14. The number of alkyl halides is 2. The highest BCUT2D eigenvalue weighted by molar-refractivity contribution is 6.35. The van der Waals surface area contributed by atoms with Gasteiger partial charge in [-0.3, -0.25) is 14.4 Å². The van der Waals surface area contributed by atoms with Gasteiger partial charge in [-0.25, -0.2) is 4.79 Å². The van der Waals surface area contributed by atoms with Crippen LogP contribution in [-0.2, 0) is 15.9 Å². The molecule has 3 aromatic rings. The number of carbonyl (C=O) groups is 1. The average molecular weight is 652 g/mol. The largest absolute Gasteiger partial charge is 0.535 e. The number of esters is 1. The zero-order valence-electron chi connectivity index (χ0n) is 24.0. The van der Waals surface area contributed by atoms with Crippen molar-refractivity contribution in [2.45, 2.75) is 50.9 Å². The highest BCUT2D eigenvalue weighted by Crippen LogP contribution is 2.34. The molecule has 1 atom stereocenters. The smallest absolute Gasteiger partial charge is 0.492 e. The van der Waals surface area contributed by atoms with Gasteiger partial charge >= 0.3 is 12.3 Å². The van der Waals surface area contributed by atoms with Gasteiger partial charge in [0.25, 0.3) is 5.56 Å². The number of aromatic nitrogens is 1. The SMILES string of the molecule is O=C(OC(Cc1c(Cl)c[nH]c(=O)c1Cl)c1cccc(OC(F)(F)OCC2CC2)c1)c1ccc(OCCN2CCCCC2)cc1. The average Bonchev–Trinajstić information content (AvgIpc) is 3.85. The van der Waals surface area contributed by atoms with E-state index in [0.717, 1.165) is 32.5 Å². The maximum absolute atomic E-state index is 14.3. The third-order valence-electron chi connectivity index (χ3n) is 7.59. The molecule has 12 heteroatoms. The first-order chi connectivity index (χ1) is 21.2. The van der Waals surface area contributed by atoms with Crippen LogP contribution in [0.25, 0.3) is 0 Å². The van der Waals surface area contributed by atoms with Crippen LogP contribution in [-0.4, -0.2) is 55.0 Å². The molecule has 2 aromatic carbocycles. The van der Waals surface area contributed by atoms with Gasteiger partial charge in [0.1, 0.15) is 29.2 Å². The molecule has 236 valence electrons. The van der Waals surface area contributed by atoms with E-state index in [9.17, 15) is 18.4 Å². The second-order valence-electron chi connectivity index (χ2n) is 11.0. The van der Waals surface area contributed by atoms with E-state index in [4.69, 9.17) is 37.4 Å². The van der Waals surface area contributed by atoms with Gasteiger partial charge in [-0.1, -0.05) is 41.8 Å². The lowest BCUT2D eigenvalue weighted by atomic mass is 10.0. The van der Waals surface area contributed by atoms with Gasteiger partial charge in [-0.05, 0) is 86.7 Å². The Morgan fingerprint density at radius 2 is 1.80 bits per heavy atom. The van der Waals surface area contributed by atoms with Gasteiger partial charge in [0.15, 0.2) is 0 Å². The Labute approximate surface area is 264 Å². The molecule has 44 heavy (non-hydrogen) atoms. The van der Waals surface area contributed by atoms with Crippen LogP contribution in [0, 0.1) is 5.92 Å². The first-order valence-corrected chi connectivity index (χ1v) is 15.4. The molecule has 0 radical (unpaired) electrons. The molecule has 2 fully saturated rings. The van der Waals surface area contributed by atoms with E-state index in [1.165, 1.54) is 43.7 Å². The number of aromatic amines is 1. The Balaban J connectivity index is 1.30. The zero-order chi connectivity index (χ0) is 31.1. The Hall–Kier alpha value is -3.18. The second-order valence-corrected chi connectivity index (χ2v) is 11.8. The summed E-state index contributed by atoms with van der Waals surface area (Å²) >= 11 is 12.6. The van der Waals surface area contributed by atoms with E-state index < -0.39 is 23.9 Å². The third kappa shape index (κ3) is 9.17. The van der Waals surface area contributed by atoms with Gasteiger partial charge in [-0.15, -0.1) is 8.78 Å². The van der Waals surface area contributed by atoms with E-state index in [0.29, 0.717) is 17.9 Å². The number of hydrogen-bond donors (Lipinski definition) is 1. The number of halogens is 4. The van der Waals surface area contributed by atoms with Crippen molar-refractivity contribution in [3.8, 4) is 11.5 Å². The molecule has 8 nitrogen and oxygen atoms in total. The quantitative estimate of drug-likeness (QED) is 0.148. The Morgan fingerprint density at radius 1 is 1.05 bits per heavy atom. The molecular formula is C32H34Cl2F2N2O6. The summed E-state index contributed by atoms with van der Waals surface area (Å²) < 4.78 is 49.9. The number of hydrogen-bond acceptors (Lipinski definition) is 7. The van der Waals surface area contributed by atoms with Gasteiger partial charge < -0.3 is 19.2 Å². The van der Waals surface area contributed by atoms with Crippen LogP contribution < -0.4 is 15.0 Å². The second kappa shape index (κ2) is 14.7. The predicted octanol–water partition coefficient (Wildman–Crippen LogP) is 7.04. The normalized spacial score (nSPS) is 16.4. The number of ether oxygens (including phenoxy) is 4. The van der Waals surface area contributed by atoms with Crippen molar-refractivity contribution in [1.82, 2.24) is 9.88 Å². The Bertz CT molecular complexity index is 1480. The molecule has 1 saturated heterocycles. The molecule has 0 spiro atoms. The number of H-pyrrole nitrogens is 1. The molecule has 1 N–H and O–H groups in total. The van der Waals surface area contributed by atoms with Crippen molar-refractivity contribution in [2.24, 2.45) is 5.92 Å². The van der Waals surface area contributed by atoms with Crippen LogP contribution >= 0.6 is 23.2 Å². The fourth-order valence-corrected chi connectivity index (χ4v) is 5.43. The topological polar surface area (TPSA) is 90.1 Å². The van der Waals surface area contributed by atoms with Crippen LogP contribution in [0.1, 0.15) is 59.7 Å². The molecule has 1 aliphatic heterocycles.